The van der Waals surface area contributed by atoms with Gasteiger partial charge >= 0.3 is 0 Å². The number of halogens is 1. The molecular formula is C22H27BrN4O2. The van der Waals surface area contributed by atoms with Crippen LogP contribution in [-0.4, -0.2) is 40.8 Å². The number of aromatic nitrogens is 1. The molecule has 2 heterocycles. The molecule has 1 saturated heterocycles. The molecule has 2 N–H and O–H groups in total. The van der Waals surface area contributed by atoms with Crippen molar-refractivity contribution in [3.8, 4) is 0 Å². The highest BCUT2D eigenvalue weighted by Gasteiger charge is 2.31. The molecule has 154 valence electrons. The summed E-state index contributed by atoms with van der Waals surface area (Å²) in [7, 11) is 0. The Bertz CT molecular complexity index is 865. The van der Waals surface area contributed by atoms with Crippen LogP contribution in [-0.2, 0) is 9.59 Å². The highest BCUT2D eigenvalue weighted by molar-refractivity contribution is 9.10. The molecule has 2 amide bonds. The van der Waals surface area contributed by atoms with E-state index in [1.807, 2.05) is 45.0 Å². The first-order chi connectivity index (χ1) is 13.8. The molecule has 3 rings (SSSR count). The first-order valence-corrected chi connectivity index (χ1v) is 10.7. The Balaban J connectivity index is 1.61. The second-order valence-corrected chi connectivity index (χ2v) is 8.53. The summed E-state index contributed by atoms with van der Waals surface area (Å²) < 4.78 is 0.864. The first-order valence-electron chi connectivity index (χ1n) is 9.88. The molecule has 2 atom stereocenters. The van der Waals surface area contributed by atoms with E-state index in [-0.39, 0.29) is 23.8 Å². The van der Waals surface area contributed by atoms with Gasteiger partial charge in [0.15, 0.2) is 0 Å². The summed E-state index contributed by atoms with van der Waals surface area (Å²) in [6.45, 7) is 7.25. The molecule has 1 aliphatic heterocycles. The largest absolute Gasteiger partial charge is 0.324 e. The molecule has 0 aliphatic carbocycles. The fraction of sp³-hybridized carbons (Fsp3) is 0.409. The summed E-state index contributed by atoms with van der Waals surface area (Å²) in [6.07, 6.45) is 3.35. The van der Waals surface area contributed by atoms with E-state index in [1.54, 1.807) is 12.3 Å². The summed E-state index contributed by atoms with van der Waals surface area (Å²) in [6, 6.07) is 9.27. The van der Waals surface area contributed by atoms with E-state index in [2.05, 4.69) is 36.4 Å². The number of para-hydroxylation sites is 1. The molecule has 1 aromatic carbocycles. The number of hydrogen-bond donors (Lipinski definition) is 2. The predicted octanol–water partition coefficient (Wildman–Crippen LogP) is 4.14. The Hall–Kier alpha value is -2.25. The molecule has 29 heavy (non-hydrogen) atoms. The number of carbonyl (C=O) groups excluding carboxylic acids is 2. The molecule has 1 aromatic heterocycles. The van der Waals surface area contributed by atoms with E-state index >= 15 is 0 Å². The van der Waals surface area contributed by atoms with Crippen LogP contribution in [0.1, 0.15) is 30.9 Å². The van der Waals surface area contributed by atoms with Gasteiger partial charge in [-0.1, -0.05) is 18.2 Å². The van der Waals surface area contributed by atoms with Gasteiger partial charge in [0, 0.05) is 22.9 Å². The molecule has 0 radical (unpaired) electrons. The zero-order valence-electron chi connectivity index (χ0n) is 17.0. The maximum Gasteiger partial charge on any atom is 0.241 e. The van der Waals surface area contributed by atoms with E-state index in [4.69, 9.17) is 0 Å². The van der Waals surface area contributed by atoms with Gasteiger partial charge in [-0.2, -0.15) is 0 Å². The number of aryl methyl sites for hydroxylation is 2. The Morgan fingerprint density at radius 2 is 1.90 bits per heavy atom. The van der Waals surface area contributed by atoms with Crippen molar-refractivity contribution in [1.29, 1.82) is 0 Å². The van der Waals surface area contributed by atoms with Gasteiger partial charge in [-0.05, 0) is 79.3 Å². The SMILES string of the molecule is Cc1cccc(C)c1NC(=O)C(C)N1CCCC(C(=O)Nc2ccc(Br)cn2)C1. The number of amides is 2. The smallest absolute Gasteiger partial charge is 0.241 e. The maximum atomic E-state index is 12.8. The van der Waals surface area contributed by atoms with Crippen molar-refractivity contribution in [3.63, 3.8) is 0 Å². The lowest BCUT2D eigenvalue weighted by Crippen LogP contribution is -2.49. The number of hydrogen-bond acceptors (Lipinski definition) is 4. The minimum Gasteiger partial charge on any atom is -0.324 e. The van der Waals surface area contributed by atoms with Gasteiger partial charge in [0.25, 0.3) is 0 Å². The standard InChI is InChI=1S/C22H27BrN4O2/c1-14-6-4-7-15(2)20(14)26-21(28)16(3)27-11-5-8-17(13-27)22(29)25-19-10-9-18(23)12-24-19/h4,6-7,9-10,12,16-17H,5,8,11,13H2,1-3H3,(H,26,28)(H,24,25,29). The van der Waals surface area contributed by atoms with Gasteiger partial charge in [0.05, 0.1) is 12.0 Å². The quantitative estimate of drug-likeness (QED) is 0.705. The Morgan fingerprint density at radius 1 is 1.17 bits per heavy atom. The number of pyridine rings is 1. The minimum absolute atomic E-state index is 0.0435. The van der Waals surface area contributed by atoms with E-state index in [9.17, 15) is 9.59 Å². The van der Waals surface area contributed by atoms with Gasteiger partial charge < -0.3 is 10.6 Å². The van der Waals surface area contributed by atoms with Crippen molar-refractivity contribution >= 4 is 39.2 Å². The second kappa shape index (κ2) is 9.50. The number of carbonyl (C=O) groups is 2. The third-order valence-electron chi connectivity index (χ3n) is 5.46. The number of anilines is 2. The monoisotopic (exact) mass is 458 g/mol. The molecule has 1 fully saturated rings. The van der Waals surface area contributed by atoms with E-state index in [0.717, 1.165) is 40.7 Å². The van der Waals surface area contributed by atoms with Gasteiger partial charge in [0.2, 0.25) is 11.8 Å². The van der Waals surface area contributed by atoms with E-state index in [1.165, 1.54) is 0 Å². The number of benzene rings is 1. The lowest BCUT2D eigenvalue weighted by molar-refractivity contribution is -0.125. The molecular weight excluding hydrogens is 432 g/mol. The molecule has 2 unspecified atom stereocenters. The summed E-state index contributed by atoms with van der Waals surface area (Å²) in [4.78, 5) is 31.8. The van der Waals surface area contributed by atoms with Gasteiger partial charge in [-0.25, -0.2) is 4.98 Å². The number of nitrogens with one attached hydrogen (secondary N) is 2. The zero-order chi connectivity index (χ0) is 21.0. The third-order valence-corrected chi connectivity index (χ3v) is 5.93. The van der Waals surface area contributed by atoms with Crippen LogP contribution in [0.2, 0.25) is 0 Å². The fourth-order valence-electron chi connectivity index (χ4n) is 3.66. The van der Waals surface area contributed by atoms with Gasteiger partial charge in [-0.15, -0.1) is 0 Å². The highest BCUT2D eigenvalue weighted by Crippen LogP contribution is 2.23. The molecule has 1 aliphatic rings. The van der Waals surface area contributed by atoms with Gasteiger partial charge in [-0.3, -0.25) is 14.5 Å². The minimum atomic E-state index is -0.310. The second-order valence-electron chi connectivity index (χ2n) is 7.62. The molecule has 0 saturated carbocycles. The molecule has 0 spiro atoms. The van der Waals surface area contributed by atoms with Gasteiger partial charge in [0.1, 0.15) is 5.82 Å². The molecule has 0 bridgehead atoms. The first kappa shape index (κ1) is 21.5. The lowest BCUT2D eigenvalue weighted by atomic mass is 9.95. The molecule has 2 aromatic rings. The Kier molecular flexibility index (Phi) is 7.03. The summed E-state index contributed by atoms with van der Waals surface area (Å²) in [5, 5.41) is 5.95. The van der Waals surface area contributed by atoms with Crippen LogP contribution in [0.5, 0.6) is 0 Å². The summed E-state index contributed by atoms with van der Waals surface area (Å²) >= 11 is 3.34. The lowest BCUT2D eigenvalue weighted by Gasteiger charge is -2.35. The van der Waals surface area contributed by atoms with Crippen LogP contribution in [0.25, 0.3) is 0 Å². The zero-order valence-corrected chi connectivity index (χ0v) is 18.6. The number of likely N-dealkylation sites (tertiary alicyclic amines) is 1. The van der Waals surface area contributed by atoms with Crippen LogP contribution in [0.15, 0.2) is 41.0 Å². The summed E-state index contributed by atoms with van der Waals surface area (Å²) in [5.74, 6) is 0.283. The number of rotatable bonds is 5. The van der Waals surface area contributed by atoms with Crippen molar-refractivity contribution in [2.45, 2.75) is 39.7 Å². The molecule has 6 nitrogen and oxygen atoms in total. The topological polar surface area (TPSA) is 74.3 Å². The normalized spacial score (nSPS) is 18.1. The van der Waals surface area contributed by atoms with Crippen LogP contribution in [0.3, 0.4) is 0 Å². The number of nitrogens with zero attached hydrogens (tertiary/aromatic N) is 2. The van der Waals surface area contributed by atoms with Crippen LogP contribution in [0, 0.1) is 19.8 Å². The number of piperidine rings is 1. The van der Waals surface area contributed by atoms with Crippen LogP contribution < -0.4 is 10.6 Å². The van der Waals surface area contributed by atoms with Crippen molar-refractivity contribution in [1.82, 2.24) is 9.88 Å². The third kappa shape index (κ3) is 5.42. The predicted molar refractivity (Wildman–Crippen MR) is 119 cm³/mol. The fourth-order valence-corrected chi connectivity index (χ4v) is 3.89. The van der Waals surface area contributed by atoms with Crippen molar-refractivity contribution in [3.05, 3.63) is 52.1 Å². The molecule has 7 heteroatoms. The summed E-state index contributed by atoms with van der Waals surface area (Å²) in [5.41, 5.74) is 2.96. The average Bonchev–Trinajstić information content (AvgIpc) is 2.72. The Morgan fingerprint density at radius 3 is 2.55 bits per heavy atom. The van der Waals surface area contributed by atoms with E-state index < -0.39 is 0 Å². The average molecular weight is 459 g/mol. The Labute approximate surface area is 180 Å². The van der Waals surface area contributed by atoms with Crippen molar-refractivity contribution in [2.24, 2.45) is 5.92 Å². The van der Waals surface area contributed by atoms with Crippen LogP contribution >= 0.6 is 15.9 Å². The van der Waals surface area contributed by atoms with Crippen LogP contribution in [0.4, 0.5) is 11.5 Å². The highest BCUT2D eigenvalue weighted by atomic mass is 79.9. The van der Waals surface area contributed by atoms with Crippen molar-refractivity contribution in [2.75, 3.05) is 23.7 Å². The van der Waals surface area contributed by atoms with Crippen molar-refractivity contribution < 1.29 is 9.59 Å². The maximum absolute atomic E-state index is 12.8. The van der Waals surface area contributed by atoms with E-state index in [0.29, 0.717) is 12.4 Å².